The van der Waals surface area contributed by atoms with E-state index < -0.39 is 21.8 Å². The number of halogens is 2. The molecule has 2 N–H and O–H groups in total. The molecule has 7 nitrogen and oxygen atoms in total. The van der Waals surface area contributed by atoms with Gasteiger partial charge in [0, 0.05) is 25.4 Å². The lowest BCUT2D eigenvalue weighted by molar-refractivity contribution is -0.125. The highest BCUT2D eigenvalue weighted by Gasteiger charge is 2.19. The van der Waals surface area contributed by atoms with E-state index in [1.807, 2.05) is 0 Å². The molecule has 1 saturated heterocycles. The minimum atomic E-state index is -2.95. The molecular formula is C16H16Br2N2O5S. The van der Waals surface area contributed by atoms with E-state index in [0.717, 1.165) is 0 Å². The summed E-state index contributed by atoms with van der Waals surface area (Å²) in [6.45, 7) is 0.719. The first-order valence-corrected chi connectivity index (χ1v) is 11.0. The highest BCUT2D eigenvalue weighted by molar-refractivity contribution is 9.11. The van der Waals surface area contributed by atoms with Crippen LogP contribution in [-0.2, 0) is 21.1 Å². The summed E-state index contributed by atoms with van der Waals surface area (Å²) in [5.41, 5.74) is 3.20. The largest absolute Gasteiger partial charge is 0.506 e. The number of aliphatic imine (C=N–C) groups is 1. The number of sulfone groups is 1. The van der Waals surface area contributed by atoms with E-state index in [9.17, 15) is 23.4 Å². The van der Waals surface area contributed by atoms with Gasteiger partial charge in [-0.2, -0.15) is 4.99 Å². The number of hydrogen-bond acceptors (Lipinski definition) is 6. The molecule has 2 rings (SSSR count). The van der Waals surface area contributed by atoms with Crippen molar-refractivity contribution >= 4 is 53.5 Å². The predicted octanol–water partition coefficient (Wildman–Crippen LogP) is 1.42. The summed E-state index contributed by atoms with van der Waals surface area (Å²) in [6.07, 6.45) is 0.161. The monoisotopic (exact) mass is 506 g/mol. The van der Waals surface area contributed by atoms with E-state index in [0.29, 0.717) is 27.6 Å². The van der Waals surface area contributed by atoms with Gasteiger partial charge in [0.05, 0.1) is 26.7 Å². The van der Waals surface area contributed by atoms with Gasteiger partial charge in [0.15, 0.2) is 9.84 Å². The van der Waals surface area contributed by atoms with Crippen LogP contribution in [0.1, 0.15) is 5.56 Å². The fraction of sp³-hybridized carbons (Fsp3) is 0.375. The number of aromatic hydroxyl groups is 1. The first kappa shape index (κ1) is 20.9. The Bertz CT molecular complexity index is 866. The lowest BCUT2D eigenvalue weighted by Gasteiger charge is -2.23. The number of carbonyl (C=O) groups is 1. The quantitative estimate of drug-likeness (QED) is 0.471. The van der Waals surface area contributed by atoms with Crippen LogP contribution in [0.5, 0.6) is 5.75 Å². The van der Waals surface area contributed by atoms with Gasteiger partial charge in [-0.3, -0.25) is 4.79 Å². The summed E-state index contributed by atoms with van der Waals surface area (Å²) in [5, 5.41) is 19.6. The molecule has 1 fully saturated rings. The Morgan fingerprint density at radius 2 is 1.88 bits per heavy atom. The second-order valence-corrected chi connectivity index (χ2v) is 9.66. The average Bonchev–Trinajstić information content (AvgIpc) is 2.57. The number of phenolic OH excluding ortho intramolecular Hbond substituents is 1. The number of aliphatic hydroxyl groups excluding tert-OH is 1. The minimum Gasteiger partial charge on any atom is -0.506 e. The normalized spacial score (nSPS) is 17.0. The molecular weight excluding hydrogens is 492 g/mol. The predicted molar refractivity (Wildman–Crippen MR) is 104 cm³/mol. The molecule has 0 spiro atoms. The summed E-state index contributed by atoms with van der Waals surface area (Å²) in [6, 6.07) is 3.20. The molecule has 1 heterocycles. The molecule has 0 aromatic heterocycles. The third-order valence-corrected chi connectivity index (χ3v) is 6.47. The van der Waals surface area contributed by atoms with Crippen molar-refractivity contribution in [3.8, 4) is 5.75 Å². The molecule has 0 radical (unpaired) electrons. The number of phenols is 1. The molecule has 1 aromatic carbocycles. The van der Waals surface area contributed by atoms with Gasteiger partial charge in [0.2, 0.25) is 0 Å². The van der Waals surface area contributed by atoms with E-state index in [4.69, 9.17) is 0 Å². The molecule has 10 heteroatoms. The van der Waals surface area contributed by atoms with E-state index >= 15 is 0 Å². The Balaban J connectivity index is 1.96. The Kier molecular flexibility index (Phi) is 7.23. The summed E-state index contributed by atoms with van der Waals surface area (Å²) >= 11 is 6.36. The molecule has 1 amide bonds. The zero-order valence-electron chi connectivity index (χ0n) is 13.5. The Labute approximate surface area is 167 Å². The number of carbonyl (C=O) groups excluding carboxylic acids is 1. The summed E-state index contributed by atoms with van der Waals surface area (Å²) in [5.74, 6) is 1.74. The van der Waals surface area contributed by atoms with E-state index in [1.54, 1.807) is 17.0 Å². The van der Waals surface area contributed by atoms with E-state index in [-0.39, 0.29) is 23.7 Å². The van der Waals surface area contributed by atoms with Crippen LogP contribution in [0.15, 0.2) is 38.0 Å². The molecule has 0 bridgehead atoms. The van der Waals surface area contributed by atoms with Crippen molar-refractivity contribution in [3.05, 3.63) is 38.6 Å². The standard InChI is InChI=1S/C16H16Br2N2O5S/c17-12-8-11(9-13(18)15(12)22)10-14(21)16(23)19-2-1-3-20-4-6-26(24,25)7-5-20/h3,8-9,14,21-22H,4-7,10H2/t14-/m1/s1. The van der Waals surface area contributed by atoms with E-state index in [2.05, 4.69) is 48.5 Å². The molecule has 140 valence electrons. The van der Waals surface area contributed by atoms with Gasteiger partial charge in [-0.05, 0) is 55.3 Å². The number of hydrogen-bond donors (Lipinski definition) is 2. The molecule has 1 aliphatic rings. The topological polar surface area (TPSA) is 107 Å². The second-order valence-electron chi connectivity index (χ2n) is 5.65. The van der Waals surface area contributed by atoms with Crippen LogP contribution in [0.3, 0.4) is 0 Å². The van der Waals surface area contributed by atoms with Gasteiger partial charge in [-0.15, -0.1) is 0 Å². The van der Waals surface area contributed by atoms with Crippen LogP contribution < -0.4 is 0 Å². The maximum atomic E-state index is 11.8. The molecule has 0 unspecified atom stereocenters. The third kappa shape index (κ3) is 6.09. The molecule has 26 heavy (non-hydrogen) atoms. The smallest absolute Gasteiger partial charge is 0.283 e. The minimum absolute atomic E-state index is 0.0230. The molecule has 1 aliphatic heterocycles. The van der Waals surface area contributed by atoms with Crippen molar-refractivity contribution in [3.63, 3.8) is 0 Å². The lowest BCUT2D eigenvalue weighted by atomic mass is 10.1. The Hall–Kier alpha value is -1.41. The van der Waals surface area contributed by atoms with Gasteiger partial charge >= 0.3 is 0 Å². The Morgan fingerprint density at radius 3 is 2.46 bits per heavy atom. The zero-order chi connectivity index (χ0) is 19.3. The fourth-order valence-electron chi connectivity index (χ4n) is 2.18. The zero-order valence-corrected chi connectivity index (χ0v) is 17.5. The summed E-state index contributed by atoms with van der Waals surface area (Å²) in [7, 11) is -2.95. The molecule has 0 saturated carbocycles. The number of rotatable bonds is 4. The molecule has 0 aliphatic carbocycles. The van der Waals surface area contributed by atoms with Crippen molar-refractivity contribution in [1.29, 1.82) is 0 Å². The van der Waals surface area contributed by atoms with Crippen molar-refractivity contribution in [2.75, 3.05) is 24.6 Å². The van der Waals surface area contributed by atoms with Gasteiger partial charge in [-0.1, -0.05) is 0 Å². The number of aliphatic hydroxyl groups is 1. The lowest BCUT2D eigenvalue weighted by Crippen LogP contribution is -2.36. The van der Waals surface area contributed by atoms with Crippen LogP contribution >= 0.6 is 31.9 Å². The molecule has 1 aromatic rings. The van der Waals surface area contributed by atoms with Crippen LogP contribution in [0.2, 0.25) is 0 Å². The maximum Gasteiger partial charge on any atom is 0.283 e. The molecule has 1 atom stereocenters. The third-order valence-electron chi connectivity index (χ3n) is 3.65. The highest BCUT2D eigenvalue weighted by Crippen LogP contribution is 2.33. The summed E-state index contributed by atoms with van der Waals surface area (Å²) in [4.78, 5) is 17.1. The van der Waals surface area contributed by atoms with Crippen LogP contribution in [-0.4, -0.2) is 66.0 Å². The van der Waals surface area contributed by atoms with Gasteiger partial charge < -0.3 is 15.1 Å². The van der Waals surface area contributed by atoms with Gasteiger partial charge in [0.1, 0.15) is 11.9 Å². The highest BCUT2D eigenvalue weighted by atomic mass is 79.9. The van der Waals surface area contributed by atoms with E-state index in [1.165, 1.54) is 6.20 Å². The first-order chi connectivity index (χ1) is 12.2. The Morgan fingerprint density at radius 1 is 1.31 bits per heavy atom. The summed E-state index contributed by atoms with van der Waals surface area (Å²) < 4.78 is 23.5. The fourth-order valence-corrected chi connectivity index (χ4v) is 4.69. The number of amides is 1. The average molecular weight is 508 g/mol. The maximum absolute atomic E-state index is 11.8. The van der Waals surface area contributed by atoms with Crippen LogP contribution in [0.4, 0.5) is 0 Å². The second kappa shape index (κ2) is 8.99. The van der Waals surface area contributed by atoms with Crippen LogP contribution in [0.25, 0.3) is 0 Å². The van der Waals surface area contributed by atoms with Crippen molar-refractivity contribution in [2.45, 2.75) is 12.5 Å². The van der Waals surface area contributed by atoms with Crippen molar-refractivity contribution in [2.24, 2.45) is 4.99 Å². The number of benzene rings is 1. The van der Waals surface area contributed by atoms with Crippen molar-refractivity contribution in [1.82, 2.24) is 4.90 Å². The SMILES string of the molecule is O=C(N=C=C=CN1CCS(=O)(=O)CC1)[C@H](O)Cc1cc(Br)c(O)c(Br)c1. The van der Waals surface area contributed by atoms with Crippen molar-refractivity contribution < 1.29 is 23.4 Å². The van der Waals surface area contributed by atoms with Gasteiger partial charge in [-0.25, -0.2) is 8.42 Å². The number of nitrogens with zero attached hydrogens (tertiary/aromatic N) is 2. The van der Waals surface area contributed by atoms with Gasteiger partial charge in [0.25, 0.3) is 5.91 Å². The first-order valence-electron chi connectivity index (χ1n) is 7.56. The van der Waals surface area contributed by atoms with Crippen LogP contribution in [0, 0.1) is 0 Å².